The SMILES string of the molecule is CC1(C)CC(=O)NC1=O.S. The summed E-state index contributed by atoms with van der Waals surface area (Å²) in [6.45, 7) is 3.51. The lowest BCUT2D eigenvalue weighted by atomic mass is 9.92. The van der Waals surface area contributed by atoms with Crippen molar-refractivity contribution in [2.24, 2.45) is 5.41 Å². The fourth-order valence-electron chi connectivity index (χ4n) is 0.822. The molecule has 0 radical (unpaired) electrons. The number of amides is 2. The molecule has 1 saturated heterocycles. The van der Waals surface area contributed by atoms with Gasteiger partial charge in [0.1, 0.15) is 0 Å². The van der Waals surface area contributed by atoms with Crippen LogP contribution in [-0.2, 0) is 9.59 Å². The number of hydrogen-bond acceptors (Lipinski definition) is 2. The molecule has 0 aliphatic carbocycles. The highest BCUT2D eigenvalue weighted by molar-refractivity contribution is 7.59. The maximum Gasteiger partial charge on any atom is 0.232 e. The van der Waals surface area contributed by atoms with Gasteiger partial charge in [0, 0.05) is 6.42 Å². The maximum absolute atomic E-state index is 10.8. The smallest absolute Gasteiger partial charge is 0.232 e. The monoisotopic (exact) mass is 161 g/mol. The average molecular weight is 161 g/mol. The Balaban J connectivity index is 0.000000810. The number of rotatable bonds is 0. The van der Waals surface area contributed by atoms with Crippen LogP contribution in [0.5, 0.6) is 0 Å². The van der Waals surface area contributed by atoms with Crippen LogP contribution in [0.25, 0.3) is 0 Å². The zero-order valence-electron chi connectivity index (χ0n) is 6.02. The van der Waals surface area contributed by atoms with E-state index in [1.807, 2.05) is 0 Å². The van der Waals surface area contributed by atoms with Crippen LogP contribution < -0.4 is 5.32 Å². The van der Waals surface area contributed by atoms with Gasteiger partial charge in [-0.1, -0.05) is 13.8 Å². The summed E-state index contributed by atoms with van der Waals surface area (Å²) in [5.41, 5.74) is -0.475. The molecule has 0 bridgehead atoms. The summed E-state index contributed by atoms with van der Waals surface area (Å²) in [6, 6.07) is 0. The van der Waals surface area contributed by atoms with Crippen LogP contribution in [0.1, 0.15) is 20.3 Å². The van der Waals surface area contributed by atoms with Crippen molar-refractivity contribution in [3.8, 4) is 0 Å². The van der Waals surface area contributed by atoms with E-state index in [0.29, 0.717) is 6.42 Å². The van der Waals surface area contributed by atoms with Crippen molar-refractivity contribution in [3.05, 3.63) is 0 Å². The lowest BCUT2D eigenvalue weighted by Crippen LogP contribution is -2.26. The molecule has 4 heteroatoms. The van der Waals surface area contributed by atoms with E-state index in [0.717, 1.165) is 0 Å². The van der Waals surface area contributed by atoms with Crippen molar-refractivity contribution in [3.63, 3.8) is 0 Å². The Labute approximate surface area is 66.6 Å². The molecule has 0 saturated carbocycles. The predicted molar refractivity (Wildman–Crippen MR) is 41.9 cm³/mol. The summed E-state index contributed by atoms with van der Waals surface area (Å²) in [6.07, 6.45) is 0.325. The van der Waals surface area contributed by atoms with Gasteiger partial charge in [-0.05, 0) is 0 Å². The van der Waals surface area contributed by atoms with Crippen molar-refractivity contribution >= 4 is 25.3 Å². The Kier molecular flexibility index (Phi) is 2.48. The number of imide groups is 1. The summed E-state index contributed by atoms with van der Waals surface area (Å²) >= 11 is 0. The third-order valence-corrected chi connectivity index (χ3v) is 1.47. The molecular weight excluding hydrogens is 150 g/mol. The first kappa shape index (κ1) is 9.49. The van der Waals surface area contributed by atoms with Crippen LogP contribution in [-0.4, -0.2) is 11.8 Å². The summed E-state index contributed by atoms with van der Waals surface area (Å²) in [5.74, 6) is -0.322. The first-order valence-electron chi connectivity index (χ1n) is 2.87. The van der Waals surface area contributed by atoms with Gasteiger partial charge < -0.3 is 0 Å². The lowest BCUT2D eigenvalue weighted by molar-refractivity contribution is -0.127. The third-order valence-electron chi connectivity index (χ3n) is 1.47. The van der Waals surface area contributed by atoms with Gasteiger partial charge in [-0.3, -0.25) is 14.9 Å². The highest BCUT2D eigenvalue weighted by Crippen LogP contribution is 2.24. The van der Waals surface area contributed by atoms with Crippen LogP contribution in [0.15, 0.2) is 0 Å². The van der Waals surface area contributed by atoms with E-state index in [2.05, 4.69) is 5.32 Å². The molecule has 0 aromatic heterocycles. The molecule has 3 nitrogen and oxygen atoms in total. The molecule has 0 unspecified atom stereocenters. The molecular formula is C6H11NO2S. The van der Waals surface area contributed by atoms with Gasteiger partial charge in [-0.15, -0.1) is 0 Å². The van der Waals surface area contributed by atoms with Gasteiger partial charge in [-0.25, -0.2) is 0 Å². The first-order valence-corrected chi connectivity index (χ1v) is 2.87. The minimum absolute atomic E-state index is 0. The molecule has 1 rings (SSSR count). The van der Waals surface area contributed by atoms with E-state index in [1.165, 1.54) is 0 Å². The van der Waals surface area contributed by atoms with E-state index in [9.17, 15) is 9.59 Å². The average Bonchev–Trinajstić information content (AvgIpc) is 1.79. The van der Waals surface area contributed by atoms with Crippen molar-refractivity contribution in [2.75, 3.05) is 0 Å². The van der Waals surface area contributed by atoms with Gasteiger partial charge in [0.05, 0.1) is 5.41 Å². The summed E-state index contributed by atoms with van der Waals surface area (Å²) < 4.78 is 0. The van der Waals surface area contributed by atoms with Gasteiger partial charge >= 0.3 is 0 Å². The molecule has 58 valence electrons. The van der Waals surface area contributed by atoms with Gasteiger partial charge in [0.25, 0.3) is 0 Å². The molecule has 2 amide bonds. The largest absolute Gasteiger partial charge is 0.296 e. The summed E-state index contributed by atoms with van der Waals surface area (Å²) in [5, 5.41) is 2.23. The number of nitrogens with one attached hydrogen (secondary N) is 1. The molecule has 1 N–H and O–H groups in total. The van der Waals surface area contributed by atoms with Gasteiger partial charge in [0.2, 0.25) is 11.8 Å². The lowest BCUT2D eigenvalue weighted by Gasteiger charge is -2.08. The Morgan fingerprint density at radius 1 is 1.40 bits per heavy atom. The molecule has 0 spiro atoms. The van der Waals surface area contributed by atoms with Crippen LogP contribution in [0.2, 0.25) is 0 Å². The van der Waals surface area contributed by atoms with Gasteiger partial charge in [0.15, 0.2) is 0 Å². The van der Waals surface area contributed by atoms with Gasteiger partial charge in [-0.2, -0.15) is 13.5 Å². The Bertz CT molecular complexity index is 177. The second-order valence-electron chi connectivity index (χ2n) is 2.94. The molecule has 1 aliphatic heterocycles. The normalized spacial score (nSPS) is 21.8. The number of hydrogen-bond donors (Lipinski definition) is 1. The highest BCUT2D eigenvalue weighted by atomic mass is 32.1. The van der Waals surface area contributed by atoms with Crippen molar-refractivity contribution < 1.29 is 9.59 Å². The first-order chi connectivity index (χ1) is 4.02. The molecule has 10 heavy (non-hydrogen) atoms. The van der Waals surface area contributed by atoms with Crippen LogP contribution >= 0.6 is 13.5 Å². The molecule has 0 aromatic carbocycles. The van der Waals surface area contributed by atoms with Crippen LogP contribution in [0.4, 0.5) is 0 Å². The number of carbonyl (C=O) groups excluding carboxylic acids is 2. The van der Waals surface area contributed by atoms with Crippen molar-refractivity contribution in [1.29, 1.82) is 0 Å². The van der Waals surface area contributed by atoms with Crippen LogP contribution in [0, 0.1) is 5.41 Å². The zero-order chi connectivity index (χ0) is 7.07. The molecule has 1 fully saturated rings. The number of carbonyl (C=O) groups is 2. The Hall–Kier alpha value is -0.510. The van der Waals surface area contributed by atoms with Crippen LogP contribution in [0.3, 0.4) is 0 Å². The fraction of sp³-hybridized carbons (Fsp3) is 0.667. The van der Waals surface area contributed by atoms with E-state index in [1.54, 1.807) is 13.8 Å². The van der Waals surface area contributed by atoms with E-state index in [4.69, 9.17) is 0 Å². The maximum atomic E-state index is 10.8. The minimum atomic E-state index is -0.475. The molecule has 1 aliphatic rings. The highest BCUT2D eigenvalue weighted by Gasteiger charge is 2.37. The van der Waals surface area contributed by atoms with E-state index < -0.39 is 5.41 Å². The molecule has 0 aromatic rings. The topological polar surface area (TPSA) is 46.2 Å². The van der Waals surface area contributed by atoms with E-state index in [-0.39, 0.29) is 25.3 Å². The summed E-state index contributed by atoms with van der Waals surface area (Å²) in [4.78, 5) is 21.3. The molecule has 0 atom stereocenters. The van der Waals surface area contributed by atoms with Crippen molar-refractivity contribution in [1.82, 2.24) is 5.32 Å². The van der Waals surface area contributed by atoms with E-state index >= 15 is 0 Å². The predicted octanol–water partition coefficient (Wildman–Crippen LogP) is 0.172. The Morgan fingerprint density at radius 2 is 1.90 bits per heavy atom. The molecule has 1 heterocycles. The fourth-order valence-corrected chi connectivity index (χ4v) is 0.822. The standard InChI is InChI=1S/C6H9NO2.H2S/c1-6(2)3-4(8)7-5(6)9;/h3H2,1-2H3,(H,7,8,9);1H2. The second-order valence-corrected chi connectivity index (χ2v) is 2.94. The second kappa shape index (κ2) is 2.62. The Morgan fingerprint density at radius 3 is 2.00 bits per heavy atom. The van der Waals surface area contributed by atoms with Crippen molar-refractivity contribution in [2.45, 2.75) is 20.3 Å². The summed E-state index contributed by atoms with van der Waals surface area (Å²) in [7, 11) is 0. The minimum Gasteiger partial charge on any atom is -0.296 e. The third kappa shape index (κ3) is 1.50. The quantitative estimate of drug-likeness (QED) is 0.515. The zero-order valence-corrected chi connectivity index (χ0v) is 7.02.